The van der Waals surface area contributed by atoms with Crippen LogP contribution in [0.2, 0.25) is 5.02 Å². The molecule has 2 amide bonds. The maximum absolute atomic E-state index is 13.6. The number of carbonyl (C=O) groups is 2. The van der Waals surface area contributed by atoms with Crippen molar-refractivity contribution in [3.8, 4) is 0 Å². The second-order valence-corrected chi connectivity index (χ2v) is 8.97. The lowest BCUT2D eigenvalue weighted by Gasteiger charge is -2.58. The Labute approximate surface area is 179 Å². The van der Waals surface area contributed by atoms with E-state index in [9.17, 15) is 14.7 Å². The zero-order chi connectivity index (χ0) is 21.0. The molecule has 2 unspecified atom stereocenters. The van der Waals surface area contributed by atoms with Gasteiger partial charge < -0.3 is 9.52 Å². The summed E-state index contributed by atoms with van der Waals surface area (Å²) in [5.74, 6) is 0.871. The van der Waals surface area contributed by atoms with Gasteiger partial charge in [-0.05, 0) is 37.1 Å². The van der Waals surface area contributed by atoms with Gasteiger partial charge in [-0.25, -0.2) is 0 Å². The highest BCUT2D eigenvalue weighted by molar-refractivity contribution is 6.31. The van der Waals surface area contributed by atoms with E-state index >= 15 is 0 Å². The Kier molecular flexibility index (Phi) is 4.74. The van der Waals surface area contributed by atoms with Crippen LogP contribution in [0.1, 0.15) is 23.5 Å². The van der Waals surface area contributed by atoms with Gasteiger partial charge in [0.15, 0.2) is 0 Å². The molecule has 4 heterocycles. The van der Waals surface area contributed by atoms with E-state index in [-0.39, 0.29) is 18.4 Å². The number of piperazine rings is 1. The molecule has 0 aliphatic carbocycles. The number of nitrogens with zero attached hydrogens (tertiary/aromatic N) is 3. The van der Waals surface area contributed by atoms with Gasteiger partial charge in [0.25, 0.3) is 5.91 Å². The summed E-state index contributed by atoms with van der Waals surface area (Å²) in [6.07, 6.45) is -0.251. The zero-order valence-electron chi connectivity index (χ0n) is 16.8. The fraction of sp³-hybridized carbons (Fsp3) is 0.455. The Morgan fingerprint density at radius 2 is 1.93 bits per heavy atom. The van der Waals surface area contributed by atoms with E-state index in [4.69, 9.17) is 16.0 Å². The number of aryl methyl sites for hydroxylation is 1. The Bertz CT molecular complexity index is 1000. The molecular formula is C22H24ClN3O4. The van der Waals surface area contributed by atoms with Crippen LogP contribution in [-0.4, -0.2) is 68.9 Å². The Hall–Kier alpha value is -2.19. The molecule has 7 nitrogen and oxygen atoms in total. The van der Waals surface area contributed by atoms with E-state index in [0.717, 1.165) is 11.3 Å². The van der Waals surface area contributed by atoms with E-state index in [1.807, 2.05) is 42.2 Å². The maximum atomic E-state index is 13.6. The zero-order valence-corrected chi connectivity index (χ0v) is 17.5. The number of imide groups is 1. The molecule has 30 heavy (non-hydrogen) atoms. The van der Waals surface area contributed by atoms with Gasteiger partial charge in [0.05, 0.1) is 18.7 Å². The van der Waals surface area contributed by atoms with Crippen LogP contribution >= 0.6 is 11.6 Å². The smallest absolute Gasteiger partial charge is 0.252 e. The molecule has 0 radical (unpaired) electrons. The lowest BCUT2D eigenvalue weighted by molar-refractivity contribution is -0.181. The monoisotopic (exact) mass is 429 g/mol. The fourth-order valence-corrected chi connectivity index (χ4v) is 5.24. The first-order valence-electron chi connectivity index (χ1n) is 10.2. The molecular weight excluding hydrogens is 406 g/mol. The van der Waals surface area contributed by atoms with Crippen molar-refractivity contribution >= 4 is 23.4 Å². The number of hydrogen-bond donors (Lipinski definition) is 1. The summed E-state index contributed by atoms with van der Waals surface area (Å²) in [5, 5.41) is 11.0. The number of likely N-dealkylation sites (tertiary alicyclic amines) is 1. The van der Waals surface area contributed by atoms with Crippen molar-refractivity contribution in [1.29, 1.82) is 0 Å². The number of amides is 2. The highest BCUT2D eigenvalue weighted by atomic mass is 35.5. The van der Waals surface area contributed by atoms with Crippen molar-refractivity contribution < 1.29 is 19.1 Å². The van der Waals surface area contributed by atoms with Crippen LogP contribution in [-0.2, 0) is 22.7 Å². The molecule has 3 aliphatic rings. The molecule has 5 rings (SSSR count). The van der Waals surface area contributed by atoms with Gasteiger partial charge in [-0.2, -0.15) is 0 Å². The van der Waals surface area contributed by atoms with Crippen LogP contribution < -0.4 is 0 Å². The Balaban J connectivity index is 1.40. The minimum atomic E-state index is -0.793. The number of hydrogen-bond acceptors (Lipinski definition) is 6. The van der Waals surface area contributed by atoms with Crippen LogP contribution in [0, 0.1) is 6.92 Å². The third kappa shape index (κ3) is 3.08. The lowest BCUT2D eigenvalue weighted by Crippen LogP contribution is -2.81. The van der Waals surface area contributed by atoms with Crippen molar-refractivity contribution in [2.24, 2.45) is 0 Å². The first kappa shape index (κ1) is 19.8. The fourth-order valence-electron chi connectivity index (χ4n) is 5.04. The summed E-state index contributed by atoms with van der Waals surface area (Å²) in [6.45, 7) is 3.94. The minimum Gasteiger partial charge on any atom is -0.464 e. The summed E-state index contributed by atoms with van der Waals surface area (Å²) >= 11 is 6.30. The first-order valence-corrected chi connectivity index (χ1v) is 10.6. The molecule has 1 N–H and O–H groups in total. The number of aliphatic hydroxyl groups excluding tert-OH is 1. The Morgan fingerprint density at radius 3 is 2.63 bits per heavy atom. The molecule has 3 fully saturated rings. The van der Waals surface area contributed by atoms with Crippen molar-refractivity contribution in [3.63, 3.8) is 0 Å². The van der Waals surface area contributed by atoms with Gasteiger partial charge in [-0.15, -0.1) is 0 Å². The average Bonchev–Trinajstić information content (AvgIpc) is 3.27. The van der Waals surface area contributed by atoms with E-state index in [2.05, 4.69) is 4.90 Å². The summed E-state index contributed by atoms with van der Waals surface area (Å²) < 4.78 is 5.61. The normalized spacial score (nSPS) is 26.3. The van der Waals surface area contributed by atoms with Crippen LogP contribution in [0.3, 0.4) is 0 Å². The molecule has 3 aliphatic heterocycles. The number of benzene rings is 1. The van der Waals surface area contributed by atoms with Crippen molar-refractivity contribution in [2.75, 3.05) is 19.6 Å². The van der Waals surface area contributed by atoms with Gasteiger partial charge in [0.2, 0.25) is 5.91 Å². The largest absolute Gasteiger partial charge is 0.464 e. The SMILES string of the molecule is Cc1ccc(CN2C(=O)C3CC(O)CN3C3(CN(Cc4ccccc4Cl)C3)C2=O)o1. The van der Waals surface area contributed by atoms with Gasteiger partial charge in [-0.3, -0.25) is 24.3 Å². The minimum absolute atomic E-state index is 0.123. The number of furan rings is 1. The highest BCUT2D eigenvalue weighted by Gasteiger charge is 2.64. The number of aliphatic hydroxyl groups is 1. The standard InChI is InChI=1S/C22H24ClN3O4/c1-14-6-7-17(30-14)11-25-20(28)19-8-16(27)10-26(19)22(21(25)29)12-24(13-22)9-15-4-2-3-5-18(15)23/h2-7,16,19,27H,8-13H2,1H3. The van der Waals surface area contributed by atoms with Gasteiger partial charge in [-0.1, -0.05) is 29.8 Å². The summed E-state index contributed by atoms with van der Waals surface area (Å²) in [6, 6.07) is 10.8. The average molecular weight is 430 g/mol. The summed E-state index contributed by atoms with van der Waals surface area (Å²) in [4.78, 5) is 32.1. The number of β-amino-alcohol motifs (C(OH)–C–C–N with tert-alkyl or cyclic N) is 1. The van der Waals surface area contributed by atoms with Crippen molar-refractivity contribution in [3.05, 3.63) is 58.5 Å². The first-order chi connectivity index (χ1) is 14.4. The topological polar surface area (TPSA) is 77.2 Å². The third-order valence-electron chi connectivity index (χ3n) is 6.46. The lowest BCUT2D eigenvalue weighted by atomic mass is 9.82. The Morgan fingerprint density at radius 1 is 1.17 bits per heavy atom. The number of carbonyl (C=O) groups excluding carboxylic acids is 2. The molecule has 158 valence electrons. The predicted octanol–water partition coefficient (Wildman–Crippen LogP) is 1.80. The van der Waals surface area contributed by atoms with Crippen LogP contribution in [0.15, 0.2) is 40.8 Å². The van der Waals surface area contributed by atoms with E-state index in [1.54, 1.807) is 6.07 Å². The second-order valence-electron chi connectivity index (χ2n) is 8.57. The molecule has 8 heteroatoms. The highest BCUT2D eigenvalue weighted by Crippen LogP contribution is 2.41. The van der Waals surface area contributed by atoms with E-state index < -0.39 is 17.7 Å². The number of halogens is 1. The second kappa shape index (κ2) is 7.20. The quantitative estimate of drug-likeness (QED) is 0.747. The van der Waals surface area contributed by atoms with Crippen LogP contribution in [0.4, 0.5) is 0 Å². The molecule has 2 aromatic rings. The molecule has 1 aromatic heterocycles. The predicted molar refractivity (Wildman–Crippen MR) is 110 cm³/mol. The van der Waals surface area contributed by atoms with Crippen LogP contribution in [0.25, 0.3) is 0 Å². The summed E-state index contributed by atoms with van der Waals surface area (Å²) in [5.41, 5.74) is 0.216. The van der Waals surface area contributed by atoms with Gasteiger partial charge in [0, 0.05) is 31.2 Å². The number of fused-ring (bicyclic) bond motifs is 2. The third-order valence-corrected chi connectivity index (χ3v) is 6.82. The van der Waals surface area contributed by atoms with Crippen molar-refractivity contribution in [1.82, 2.24) is 14.7 Å². The van der Waals surface area contributed by atoms with Gasteiger partial charge in [0.1, 0.15) is 17.1 Å². The maximum Gasteiger partial charge on any atom is 0.252 e. The number of rotatable bonds is 4. The molecule has 2 atom stereocenters. The summed E-state index contributed by atoms with van der Waals surface area (Å²) in [7, 11) is 0. The van der Waals surface area contributed by atoms with Crippen LogP contribution in [0.5, 0.6) is 0 Å². The van der Waals surface area contributed by atoms with Gasteiger partial charge >= 0.3 is 0 Å². The van der Waals surface area contributed by atoms with E-state index in [0.29, 0.717) is 43.4 Å². The molecule has 1 aromatic carbocycles. The van der Waals surface area contributed by atoms with E-state index in [1.165, 1.54) is 4.90 Å². The molecule has 0 bridgehead atoms. The van der Waals surface area contributed by atoms with Crippen molar-refractivity contribution in [2.45, 2.75) is 44.1 Å². The molecule has 0 saturated carbocycles. The molecule has 1 spiro atoms. The molecule has 3 saturated heterocycles.